The first kappa shape index (κ1) is 9.90. The number of benzene rings is 1. The molecule has 1 saturated heterocycles. The number of aromatic hydroxyl groups is 1. The molecule has 0 aliphatic carbocycles. The highest BCUT2D eigenvalue weighted by Crippen LogP contribution is 2.44. The average molecular weight is 224 g/mol. The van der Waals surface area contributed by atoms with E-state index in [0.717, 1.165) is 0 Å². The van der Waals surface area contributed by atoms with Crippen LogP contribution in [-0.2, 0) is 11.2 Å². The molecule has 1 aromatic carbocycles. The van der Waals surface area contributed by atoms with Crippen LogP contribution in [0.4, 0.5) is 4.39 Å². The first-order valence-electron chi connectivity index (χ1n) is 5.43. The van der Waals surface area contributed by atoms with Crippen LogP contribution in [0.1, 0.15) is 12.0 Å². The lowest BCUT2D eigenvalue weighted by Gasteiger charge is -2.35. The minimum atomic E-state index is -1.13. The maximum absolute atomic E-state index is 13.9. The molecule has 1 fully saturated rings. The van der Waals surface area contributed by atoms with Crippen molar-refractivity contribution in [2.45, 2.75) is 24.6 Å². The zero-order valence-electron chi connectivity index (χ0n) is 8.78. The highest BCUT2D eigenvalue weighted by atomic mass is 19.1. The molecule has 2 aliphatic heterocycles. The largest absolute Gasteiger partial charge is 0.508 e. The van der Waals surface area contributed by atoms with Crippen LogP contribution >= 0.6 is 0 Å². The molecule has 1 spiro atoms. The van der Waals surface area contributed by atoms with Gasteiger partial charge in [0.25, 0.3) is 0 Å². The van der Waals surface area contributed by atoms with Crippen LogP contribution in [0.15, 0.2) is 18.2 Å². The summed E-state index contributed by atoms with van der Waals surface area (Å²) in [4.78, 5) is 0. The summed E-state index contributed by atoms with van der Waals surface area (Å²) in [5, 5.41) is 9.70. The number of fused-ring (bicyclic) bond motifs is 1. The van der Waals surface area contributed by atoms with Gasteiger partial charge in [0.15, 0.2) is 6.17 Å². The van der Waals surface area contributed by atoms with Crippen molar-refractivity contribution < 1.29 is 19.0 Å². The van der Waals surface area contributed by atoms with E-state index in [-0.39, 0.29) is 12.4 Å². The maximum atomic E-state index is 13.9. The minimum Gasteiger partial charge on any atom is -0.508 e. The van der Waals surface area contributed by atoms with E-state index in [1.807, 2.05) is 0 Å². The molecule has 2 heterocycles. The van der Waals surface area contributed by atoms with Gasteiger partial charge in [0.05, 0.1) is 13.2 Å². The summed E-state index contributed by atoms with van der Waals surface area (Å²) in [6.45, 7) is 0.587. The molecule has 0 radical (unpaired) electrons. The molecule has 3 rings (SSSR count). The first-order valence-corrected chi connectivity index (χ1v) is 5.43. The Morgan fingerprint density at radius 2 is 2.31 bits per heavy atom. The van der Waals surface area contributed by atoms with Gasteiger partial charge < -0.3 is 14.6 Å². The van der Waals surface area contributed by atoms with Gasteiger partial charge in [-0.3, -0.25) is 0 Å². The number of halogens is 1. The first-order chi connectivity index (χ1) is 7.71. The number of ether oxygens (including phenoxy) is 2. The standard InChI is InChI=1S/C12H13FO3/c13-11-7-15-5-4-12(11)6-8-9(14)2-1-3-10(8)16-12/h1-3,11,14H,4-7H2. The number of hydrogen-bond acceptors (Lipinski definition) is 3. The van der Waals surface area contributed by atoms with E-state index in [4.69, 9.17) is 9.47 Å². The fourth-order valence-electron chi connectivity index (χ4n) is 2.44. The SMILES string of the molecule is Oc1cccc2c1CC1(CCOCC1F)O2. The third-order valence-electron chi connectivity index (χ3n) is 3.40. The lowest BCUT2D eigenvalue weighted by molar-refractivity contribution is -0.0954. The van der Waals surface area contributed by atoms with Crippen molar-refractivity contribution in [2.75, 3.05) is 13.2 Å². The van der Waals surface area contributed by atoms with Crippen LogP contribution in [0.25, 0.3) is 0 Å². The topological polar surface area (TPSA) is 38.7 Å². The Morgan fingerprint density at radius 3 is 3.06 bits per heavy atom. The third kappa shape index (κ3) is 1.29. The summed E-state index contributed by atoms with van der Waals surface area (Å²) in [5.41, 5.74) is -0.105. The van der Waals surface area contributed by atoms with Crippen molar-refractivity contribution in [1.29, 1.82) is 0 Å². The average Bonchev–Trinajstić information content (AvgIpc) is 2.64. The van der Waals surface area contributed by atoms with Crippen molar-refractivity contribution in [2.24, 2.45) is 0 Å². The van der Waals surface area contributed by atoms with Gasteiger partial charge >= 0.3 is 0 Å². The van der Waals surface area contributed by atoms with Crippen molar-refractivity contribution in [1.82, 2.24) is 0 Å². The molecule has 3 nitrogen and oxygen atoms in total. The number of phenolic OH excluding ortho intramolecular Hbond substituents is 1. The molecule has 86 valence electrons. The fraction of sp³-hybridized carbons (Fsp3) is 0.500. The van der Waals surface area contributed by atoms with Gasteiger partial charge in [-0.1, -0.05) is 6.07 Å². The van der Waals surface area contributed by atoms with Crippen LogP contribution < -0.4 is 4.74 Å². The lowest BCUT2D eigenvalue weighted by Crippen LogP contribution is -2.50. The second-order valence-corrected chi connectivity index (χ2v) is 4.39. The molecule has 2 aliphatic rings. The number of rotatable bonds is 0. The molecule has 0 aromatic heterocycles. The van der Waals surface area contributed by atoms with Crippen LogP contribution in [0, 0.1) is 0 Å². The van der Waals surface area contributed by atoms with E-state index in [9.17, 15) is 9.50 Å². The van der Waals surface area contributed by atoms with Gasteiger partial charge in [0.1, 0.15) is 17.1 Å². The predicted octanol–water partition coefficient (Wildman–Crippen LogP) is 1.82. The zero-order chi connectivity index (χ0) is 11.2. The fourth-order valence-corrected chi connectivity index (χ4v) is 2.44. The summed E-state index contributed by atoms with van der Waals surface area (Å²) in [6, 6.07) is 5.08. The van der Waals surface area contributed by atoms with Gasteiger partial charge in [-0.05, 0) is 12.1 Å². The second kappa shape index (κ2) is 3.35. The molecule has 1 aromatic rings. The van der Waals surface area contributed by atoms with Crippen molar-refractivity contribution >= 4 is 0 Å². The predicted molar refractivity (Wildman–Crippen MR) is 55.5 cm³/mol. The van der Waals surface area contributed by atoms with E-state index < -0.39 is 11.8 Å². The van der Waals surface area contributed by atoms with Crippen molar-refractivity contribution in [3.8, 4) is 11.5 Å². The summed E-state index contributed by atoms with van der Waals surface area (Å²) < 4.78 is 24.7. The lowest BCUT2D eigenvalue weighted by atomic mass is 9.87. The Hall–Kier alpha value is -1.29. The highest BCUT2D eigenvalue weighted by Gasteiger charge is 2.49. The van der Waals surface area contributed by atoms with E-state index in [1.165, 1.54) is 0 Å². The number of hydrogen-bond donors (Lipinski definition) is 1. The molecular formula is C12H13FO3. The Morgan fingerprint density at radius 1 is 1.44 bits per heavy atom. The van der Waals surface area contributed by atoms with Gasteiger partial charge in [0.2, 0.25) is 0 Å². The summed E-state index contributed by atoms with van der Waals surface area (Å²) >= 11 is 0. The van der Waals surface area contributed by atoms with Crippen LogP contribution in [0.2, 0.25) is 0 Å². The normalized spacial score (nSPS) is 32.4. The Labute approximate surface area is 92.8 Å². The molecular weight excluding hydrogens is 211 g/mol. The van der Waals surface area contributed by atoms with E-state index >= 15 is 0 Å². The quantitative estimate of drug-likeness (QED) is 0.730. The second-order valence-electron chi connectivity index (χ2n) is 4.39. The van der Waals surface area contributed by atoms with Gasteiger partial charge in [-0.2, -0.15) is 0 Å². The van der Waals surface area contributed by atoms with E-state index in [1.54, 1.807) is 18.2 Å². The Bertz CT molecular complexity index is 421. The highest BCUT2D eigenvalue weighted by molar-refractivity contribution is 5.48. The summed E-state index contributed by atoms with van der Waals surface area (Å²) in [7, 11) is 0. The van der Waals surface area contributed by atoms with Crippen molar-refractivity contribution in [3.05, 3.63) is 23.8 Å². The van der Waals surface area contributed by atoms with Crippen LogP contribution in [-0.4, -0.2) is 30.1 Å². The molecule has 1 N–H and O–H groups in total. The number of phenols is 1. The summed E-state index contributed by atoms with van der Waals surface area (Å²) in [5.74, 6) is 0.789. The molecule has 16 heavy (non-hydrogen) atoms. The zero-order valence-corrected chi connectivity index (χ0v) is 8.78. The monoisotopic (exact) mass is 224 g/mol. The van der Waals surface area contributed by atoms with Crippen LogP contribution in [0.3, 0.4) is 0 Å². The Kier molecular flexibility index (Phi) is 2.07. The van der Waals surface area contributed by atoms with Crippen LogP contribution in [0.5, 0.6) is 11.5 Å². The molecule has 0 saturated carbocycles. The van der Waals surface area contributed by atoms with Gasteiger partial charge in [-0.25, -0.2) is 4.39 Å². The molecule has 2 atom stereocenters. The van der Waals surface area contributed by atoms with E-state index in [0.29, 0.717) is 30.8 Å². The molecule has 2 unspecified atom stereocenters. The Balaban J connectivity index is 1.97. The molecule has 0 amide bonds. The molecule has 4 heteroatoms. The summed E-state index contributed by atoms with van der Waals surface area (Å²) in [6.07, 6.45) is -0.171. The van der Waals surface area contributed by atoms with E-state index in [2.05, 4.69) is 0 Å². The maximum Gasteiger partial charge on any atom is 0.163 e. The number of alkyl halides is 1. The van der Waals surface area contributed by atoms with Crippen molar-refractivity contribution in [3.63, 3.8) is 0 Å². The van der Waals surface area contributed by atoms with Gasteiger partial charge in [-0.15, -0.1) is 0 Å². The minimum absolute atomic E-state index is 0.0781. The molecule has 0 bridgehead atoms. The third-order valence-corrected chi connectivity index (χ3v) is 3.40. The van der Waals surface area contributed by atoms with Gasteiger partial charge in [0, 0.05) is 18.4 Å². The smallest absolute Gasteiger partial charge is 0.163 e.